The van der Waals surface area contributed by atoms with Gasteiger partial charge in [0.05, 0.1) is 6.26 Å². The molecule has 0 aliphatic carbocycles. The molecular weight excluding hydrogens is 236 g/mol. The highest BCUT2D eigenvalue weighted by Gasteiger charge is 2.28. The normalized spacial score (nSPS) is 21.9. The largest absolute Gasteiger partial charge is 0.231 e. The van der Waals surface area contributed by atoms with E-state index >= 15 is 0 Å². The van der Waals surface area contributed by atoms with E-state index < -0.39 is 10.0 Å². The summed E-state index contributed by atoms with van der Waals surface area (Å²) in [6.07, 6.45) is 4.63. The molecule has 0 aromatic carbocycles. The molecule has 4 nitrogen and oxygen atoms in total. The van der Waals surface area contributed by atoms with Crippen LogP contribution in [0.3, 0.4) is 0 Å². The van der Waals surface area contributed by atoms with Crippen molar-refractivity contribution in [3.8, 4) is 0 Å². The maximum absolute atomic E-state index is 11.1. The number of sulfonamides is 1. The summed E-state index contributed by atoms with van der Waals surface area (Å²) in [4.78, 5) is 2.57. The van der Waals surface area contributed by atoms with Crippen LogP contribution >= 0.6 is 0 Å². The predicted octanol–water partition coefficient (Wildman–Crippen LogP) is 1.84. The third-order valence-electron chi connectivity index (χ3n) is 3.77. The first-order valence-electron chi connectivity index (χ1n) is 6.55. The maximum atomic E-state index is 11.1. The molecule has 17 heavy (non-hydrogen) atoms. The number of hydrogen-bond donors (Lipinski definition) is 1. The SMILES string of the molecule is CCC(C(C)C)C1CCN(NS(C)(=O)=O)CC1. The van der Waals surface area contributed by atoms with Crippen molar-refractivity contribution in [2.75, 3.05) is 19.3 Å². The van der Waals surface area contributed by atoms with Crippen LogP contribution in [0.25, 0.3) is 0 Å². The zero-order valence-electron chi connectivity index (χ0n) is 11.4. The highest BCUT2D eigenvalue weighted by Crippen LogP contribution is 2.31. The lowest BCUT2D eigenvalue weighted by Crippen LogP contribution is -2.47. The first kappa shape index (κ1) is 14.9. The first-order chi connectivity index (χ1) is 7.83. The summed E-state index contributed by atoms with van der Waals surface area (Å²) in [6, 6.07) is 0. The van der Waals surface area contributed by atoms with Crippen molar-refractivity contribution in [3.05, 3.63) is 0 Å². The van der Waals surface area contributed by atoms with Crippen molar-refractivity contribution >= 4 is 10.0 Å². The van der Waals surface area contributed by atoms with Gasteiger partial charge in [-0.25, -0.2) is 13.4 Å². The minimum absolute atomic E-state index is 0.722. The van der Waals surface area contributed by atoms with Gasteiger partial charge in [-0.1, -0.05) is 27.2 Å². The molecule has 0 amide bonds. The van der Waals surface area contributed by atoms with Crippen LogP contribution in [0.15, 0.2) is 0 Å². The van der Waals surface area contributed by atoms with Gasteiger partial charge in [0.15, 0.2) is 0 Å². The summed E-state index contributed by atoms with van der Waals surface area (Å²) in [5, 5.41) is 1.83. The Labute approximate surface area is 106 Å². The van der Waals surface area contributed by atoms with Gasteiger partial charge in [0.2, 0.25) is 10.0 Å². The molecule has 1 unspecified atom stereocenters. The second kappa shape index (κ2) is 6.16. The molecule has 0 spiro atoms. The Balaban J connectivity index is 2.45. The Hall–Kier alpha value is -0.130. The van der Waals surface area contributed by atoms with E-state index in [0.29, 0.717) is 0 Å². The van der Waals surface area contributed by atoms with E-state index in [9.17, 15) is 8.42 Å². The lowest BCUT2D eigenvalue weighted by atomic mass is 9.77. The quantitative estimate of drug-likeness (QED) is 0.822. The van der Waals surface area contributed by atoms with Gasteiger partial charge in [0, 0.05) is 13.1 Å². The van der Waals surface area contributed by atoms with Crippen molar-refractivity contribution in [1.29, 1.82) is 0 Å². The fourth-order valence-corrected chi connectivity index (χ4v) is 3.65. The Morgan fingerprint density at radius 1 is 1.29 bits per heavy atom. The average Bonchev–Trinajstić information content (AvgIpc) is 2.18. The van der Waals surface area contributed by atoms with Crippen molar-refractivity contribution in [1.82, 2.24) is 9.84 Å². The second-order valence-corrected chi connectivity index (χ2v) is 7.23. The van der Waals surface area contributed by atoms with Gasteiger partial charge in [-0.3, -0.25) is 0 Å². The summed E-state index contributed by atoms with van der Waals surface area (Å²) >= 11 is 0. The number of rotatable bonds is 5. The lowest BCUT2D eigenvalue weighted by Gasteiger charge is -2.37. The standard InChI is InChI=1S/C12H26N2O2S/c1-5-12(10(2)3)11-6-8-14(9-7-11)13-17(4,15)16/h10-13H,5-9H2,1-4H3. The first-order valence-corrected chi connectivity index (χ1v) is 8.45. The topological polar surface area (TPSA) is 49.4 Å². The summed E-state index contributed by atoms with van der Waals surface area (Å²) in [5.74, 6) is 2.24. The van der Waals surface area contributed by atoms with E-state index in [1.807, 2.05) is 5.01 Å². The van der Waals surface area contributed by atoms with Crippen LogP contribution in [-0.2, 0) is 10.0 Å². The molecule has 0 aromatic rings. The zero-order chi connectivity index (χ0) is 13.1. The average molecular weight is 262 g/mol. The fourth-order valence-electron chi connectivity index (χ4n) is 3.00. The minimum Gasteiger partial charge on any atom is -0.231 e. The molecule has 102 valence electrons. The second-order valence-electron chi connectivity index (χ2n) is 5.50. The van der Waals surface area contributed by atoms with Gasteiger partial charge in [-0.05, 0) is 30.6 Å². The van der Waals surface area contributed by atoms with Crippen LogP contribution in [0.5, 0.6) is 0 Å². The molecule has 1 rings (SSSR count). The summed E-state index contributed by atoms with van der Waals surface area (Å²) in [7, 11) is -3.11. The Bertz CT molecular complexity index is 319. The van der Waals surface area contributed by atoms with Crippen LogP contribution in [0.4, 0.5) is 0 Å². The maximum Gasteiger partial charge on any atom is 0.221 e. The molecule has 0 saturated carbocycles. The number of nitrogens with zero attached hydrogens (tertiary/aromatic N) is 1. The van der Waals surface area contributed by atoms with Crippen LogP contribution in [0.1, 0.15) is 40.0 Å². The summed E-state index contributed by atoms with van der Waals surface area (Å²) < 4.78 is 22.3. The van der Waals surface area contributed by atoms with Gasteiger partial charge < -0.3 is 0 Å². The van der Waals surface area contributed by atoms with Gasteiger partial charge in [-0.2, -0.15) is 0 Å². The minimum atomic E-state index is -3.11. The van der Waals surface area contributed by atoms with Crippen molar-refractivity contribution in [2.24, 2.45) is 17.8 Å². The molecule has 1 heterocycles. The number of hydrazine groups is 1. The lowest BCUT2D eigenvalue weighted by molar-refractivity contribution is 0.109. The number of nitrogens with one attached hydrogen (secondary N) is 1. The summed E-state index contributed by atoms with van der Waals surface area (Å²) in [5.41, 5.74) is 0. The molecule has 1 saturated heterocycles. The molecule has 1 aliphatic rings. The smallest absolute Gasteiger partial charge is 0.221 e. The fraction of sp³-hybridized carbons (Fsp3) is 1.00. The molecule has 5 heteroatoms. The van der Waals surface area contributed by atoms with E-state index in [-0.39, 0.29) is 0 Å². The van der Waals surface area contributed by atoms with E-state index in [0.717, 1.165) is 43.7 Å². The van der Waals surface area contributed by atoms with Crippen molar-refractivity contribution in [3.63, 3.8) is 0 Å². The molecule has 1 atom stereocenters. The van der Waals surface area contributed by atoms with Crippen LogP contribution in [-0.4, -0.2) is 32.8 Å². The Kier molecular flexibility index (Phi) is 5.41. The van der Waals surface area contributed by atoms with E-state index in [4.69, 9.17) is 0 Å². The van der Waals surface area contributed by atoms with E-state index in [2.05, 4.69) is 25.6 Å². The van der Waals surface area contributed by atoms with Crippen LogP contribution < -0.4 is 4.83 Å². The third kappa shape index (κ3) is 4.94. The molecule has 0 radical (unpaired) electrons. The van der Waals surface area contributed by atoms with E-state index in [1.54, 1.807) is 0 Å². The van der Waals surface area contributed by atoms with E-state index in [1.165, 1.54) is 12.7 Å². The molecule has 1 aliphatic heterocycles. The molecular formula is C12H26N2O2S. The van der Waals surface area contributed by atoms with Crippen LogP contribution in [0.2, 0.25) is 0 Å². The highest BCUT2D eigenvalue weighted by atomic mass is 32.2. The van der Waals surface area contributed by atoms with Crippen molar-refractivity contribution < 1.29 is 8.42 Å². The third-order valence-corrected chi connectivity index (χ3v) is 4.36. The highest BCUT2D eigenvalue weighted by molar-refractivity contribution is 7.88. The van der Waals surface area contributed by atoms with Gasteiger partial charge in [0.25, 0.3) is 0 Å². The van der Waals surface area contributed by atoms with Crippen LogP contribution in [0, 0.1) is 17.8 Å². The van der Waals surface area contributed by atoms with Gasteiger partial charge in [0.1, 0.15) is 0 Å². The molecule has 0 aromatic heterocycles. The zero-order valence-corrected chi connectivity index (χ0v) is 12.3. The number of hydrogen-bond acceptors (Lipinski definition) is 3. The van der Waals surface area contributed by atoms with Gasteiger partial charge >= 0.3 is 0 Å². The monoisotopic (exact) mass is 262 g/mol. The van der Waals surface area contributed by atoms with Crippen molar-refractivity contribution in [2.45, 2.75) is 40.0 Å². The molecule has 1 fully saturated rings. The predicted molar refractivity (Wildman–Crippen MR) is 70.9 cm³/mol. The Morgan fingerprint density at radius 3 is 2.18 bits per heavy atom. The summed E-state index contributed by atoms with van der Waals surface area (Å²) in [6.45, 7) is 8.50. The molecule has 1 N–H and O–H groups in total. The molecule has 0 bridgehead atoms. The Morgan fingerprint density at radius 2 is 1.82 bits per heavy atom. The number of piperidine rings is 1. The van der Waals surface area contributed by atoms with Gasteiger partial charge in [-0.15, -0.1) is 4.83 Å².